The minimum absolute atomic E-state index is 0.0163. The number of nitrogens with one attached hydrogen (secondary N) is 2. The molecule has 1 aliphatic carbocycles. The van der Waals surface area contributed by atoms with Crippen molar-refractivity contribution in [2.75, 3.05) is 20.8 Å². The Balaban J connectivity index is 1.70. The van der Waals surface area contributed by atoms with Crippen LogP contribution in [0.2, 0.25) is 0 Å². The van der Waals surface area contributed by atoms with E-state index in [0.717, 1.165) is 63.1 Å². The number of carbonyl (C=O) groups is 1. The summed E-state index contributed by atoms with van der Waals surface area (Å²) in [6, 6.07) is 6.25. The lowest BCUT2D eigenvalue weighted by Crippen LogP contribution is -3.16. The molecule has 1 unspecified atom stereocenters. The molecule has 1 aliphatic heterocycles. The Kier molecular flexibility index (Phi) is 5.91. The summed E-state index contributed by atoms with van der Waals surface area (Å²) < 4.78 is 10.8. The van der Waals surface area contributed by atoms with Crippen LogP contribution in [-0.2, 0) is 17.8 Å². The van der Waals surface area contributed by atoms with Gasteiger partial charge in [0.05, 0.1) is 26.8 Å². The number of nitrogens with zero attached hydrogens (tertiary/aromatic N) is 1. The fourth-order valence-corrected chi connectivity index (χ4v) is 4.31. The van der Waals surface area contributed by atoms with E-state index in [4.69, 9.17) is 9.47 Å². The molecule has 2 N–H and O–H groups in total. The van der Waals surface area contributed by atoms with Crippen LogP contribution >= 0.6 is 0 Å². The number of carbonyl (C=O) groups excluding carboxylic acids is 1. The van der Waals surface area contributed by atoms with Crippen LogP contribution < -0.4 is 19.7 Å². The molecule has 6 nitrogen and oxygen atoms in total. The summed E-state index contributed by atoms with van der Waals surface area (Å²) in [5.74, 6) is 1.45. The molecular weight excluding hydrogens is 342 g/mol. The maximum Gasteiger partial charge on any atom is 0.279 e. The molecule has 27 heavy (non-hydrogen) atoms. The summed E-state index contributed by atoms with van der Waals surface area (Å²) in [6.45, 7) is 3.62. The van der Waals surface area contributed by atoms with Gasteiger partial charge in [0.25, 0.3) is 5.91 Å². The number of amides is 1. The van der Waals surface area contributed by atoms with Gasteiger partial charge in [-0.3, -0.25) is 4.79 Å². The molecule has 0 aromatic heterocycles. The zero-order valence-electron chi connectivity index (χ0n) is 16.6. The van der Waals surface area contributed by atoms with Crippen LogP contribution in [0.4, 0.5) is 0 Å². The summed E-state index contributed by atoms with van der Waals surface area (Å²) in [5, 5.41) is 12.7. The molecular formula is C21H30N3O3+. The molecule has 1 heterocycles. The fourth-order valence-electron chi connectivity index (χ4n) is 4.31. The summed E-state index contributed by atoms with van der Waals surface area (Å²) in [5.41, 5.74) is 1.78. The van der Waals surface area contributed by atoms with Crippen molar-refractivity contribution < 1.29 is 19.2 Å². The highest BCUT2D eigenvalue weighted by Gasteiger charge is 2.37. The molecule has 0 radical (unpaired) electrons. The number of methoxy groups -OCH3 is 2. The van der Waals surface area contributed by atoms with E-state index in [9.17, 15) is 10.1 Å². The first-order chi connectivity index (χ1) is 13.0. The van der Waals surface area contributed by atoms with Crippen molar-refractivity contribution in [3.8, 4) is 17.6 Å². The molecule has 2 aliphatic rings. The summed E-state index contributed by atoms with van der Waals surface area (Å²) >= 11 is 0. The average molecular weight is 372 g/mol. The van der Waals surface area contributed by atoms with Crippen LogP contribution in [-0.4, -0.2) is 38.3 Å². The van der Waals surface area contributed by atoms with Crippen LogP contribution in [0.1, 0.15) is 50.2 Å². The summed E-state index contributed by atoms with van der Waals surface area (Å²) in [6.07, 6.45) is 5.58. The number of quaternary nitrogens is 1. The van der Waals surface area contributed by atoms with Crippen molar-refractivity contribution in [2.45, 2.75) is 63.6 Å². The molecule has 1 aromatic carbocycles. The zero-order valence-corrected chi connectivity index (χ0v) is 16.6. The van der Waals surface area contributed by atoms with Crippen molar-refractivity contribution in [2.24, 2.45) is 0 Å². The summed E-state index contributed by atoms with van der Waals surface area (Å²) in [7, 11) is 3.28. The van der Waals surface area contributed by atoms with Crippen molar-refractivity contribution in [1.29, 1.82) is 5.26 Å². The van der Waals surface area contributed by atoms with Gasteiger partial charge in [-0.1, -0.05) is 19.3 Å². The van der Waals surface area contributed by atoms with Crippen LogP contribution in [0.25, 0.3) is 0 Å². The lowest BCUT2D eigenvalue weighted by molar-refractivity contribution is -0.929. The van der Waals surface area contributed by atoms with E-state index in [-0.39, 0.29) is 11.9 Å². The van der Waals surface area contributed by atoms with Gasteiger partial charge in [-0.25, -0.2) is 0 Å². The lowest BCUT2D eigenvalue weighted by atomic mass is 9.82. The van der Waals surface area contributed by atoms with E-state index < -0.39 is 5.54 Å². The number of rotatable bonds is 5. The van der Waals surface area contributed by atoms with E-state index in [0.29, 0.717) is 0 Å². The predicted molar refractivity (Wildman–Crippen MR) is 102 cm³/mol. The minimum atomic E-state index is -0.673. The van der Waals surface area contributed by atoms with Gasteiger partial charge in [-0.2, -0.15) is 5.26 Å². The molecule has 2 atom stereocenters. The smallest absolute Gasteiger partial charge is 0.279 e. The maximum absolute atomic E-state index is 12.9. The molecule has 0 bridgehead atoms. The molecule has 0 spiro atoms. The zero-order chi connectivity index (χ0) is 19.4. The molecule has 1 fully saturated rings. The first-order valence-corrected chi connectivity index (χ1v) is 9.83. The van der Waals surface area contributed by atoms with E-state index >= 15 is 0 Å². The quantitative estimate of drug-likeness (QED) is 0.819. The summed E-state index contributed by atoms with van der Waals surface area (Å²) in [4.78, 5) is 14.1. The van der Waals surface area contributed by atoms with Crippen molar-refractivity contribution in [3.05, 3.63) is 23.3 Å². The third-order valence-corrected chi connectivity index (χ3v) is 6.13. The van der Waals surface area contributed by atoms with Crippen molar-refractivity contribution in [3.63, 3.8) is 0 Å². The highest BCUT2D eigenvalue weighted by molar-refractivity contribution is 5.81. The van der Waals surface area contributed by atoms with Crippen LogP contribution in [0.3, 0.4) is 0 Å². The average Bonchev–Trinajstić information content (AvgIpc) is 2.72. The molecule has 0 saturated heterocycles. The normalized spacial score (nSPS) is 22.1. The van der Waals surface area contributed by atoms with Gasteiger partial charge in [0, 0.05) is 12.0 Å². The highest BCUT2D eigenvalue weighted by atomic mass is 16.5. The number of benzene rings is 1. The van der Waals surface area contributed by atoms with Gasteiger partial charge >= 0.3 is 0 Å². The monoisotopic (exact) mass is 372 g/mol. The number of ether oxygens (including phenoxy) is 2. The molecule has 3 rings (SSSR count). The van der Waals surface area contributed by atoms with Gasteiger partial charge in [0.15, 0.2) is 17.5 Å². The second-order valence-electron chi connectivity index (χ2n) is 7.78. The fraction of sp³-hybridized carbons (Fsp3) is 0.619. The van der Waals surface area contributed by atoms with Gasteiger partial charge in [-0.15, -0.1) is 0 Å². The molecule has 1 amide bonds. The largest absolute Gasteiger partial charge is 0.493 e. The molecule has 1 saturated carbocycles. The van der Waals surface area contributed by atoms with E-state index in [1.54, 1.807) is 14.2 Å². The number of hydrogen-bond donors (Lipinski definition) is 2. The Bertz CT molecular complexity index is 735. The van der Waals surface area contributed by atoms with Gasteiger partial charge in [-0.05, 0) is 37.5 Å². The Labute approximate surface area is 161 Å². The van der Waals surface area contributed by atoms with Gasteiger partial charge in [0.1, 0.15) is 12.1 Å². The third-order valence-electron chi connectivity index (χ3n) is 6.13. The van der Waals surface area contributed by atoms with Crippen LogP contribution in [0.15, 0.2) is 12.1 Å². The van der Waals surface area contributed by atoms with Gasteiger partial charge < -0.3 is 19.7 Å². The first-order valence-electron chi connectivity index (χ1n) is 9.83. The maximum atomic E-state index is 12.9. The predicted octanol–water partition coefficient (Wildman–Crippen LogP) is 1.38. The molecule has 1 aromatic rings. The Morgan fingerprint density at radius 1 is 1.19 bits per heavy atom. The van der Waals surface area contributed by atoms with Gasteiger partial charge in [0.2, 0.25) is 0 Å². The first kappa shape index (κ1) is 19.5. The number of fused-ring (bicyclic) bond motifs is 1. The molecule has 146 valence electrons. The van der Waals surface area contributed by atoms with Crippen molar-refractivity contribution >= 4 is 5.91 Å². The van der Waals surface area contributed by atoms with E-state index in [1.165, 1.54) is 16.0 Å². The SMILES string of the molecule is COc1cc2c(cc1OC)C[NH+]([C@@H](C)C(=O)NC1(C#N)CCCCC1)CC2. The Morgan fingerprint density at radius 2 is 1.81 bits per heavy atom. The van der Waals surface area contributed by atoms with Crippen LogP contribution in [0.5, 0.6) is 11.5 Å². The molecule has 6 heteroatoms. The second-order valence-corrected chi connectivity index (χ2v) is 7.78. The second kappa shape index (κ2) is 8.18. The van der Waals surface area contributed by atoms with E-state index in [2.05, 4.69) is 11.4 Å². The lowest BCUT2D eigenvalue weighted by Gasteiger charge is -2.35. The minimum Gasteiger partial charge on any atom is -0.493 e. The highest BCUT2D eigenvalue weighted by Crippen LogP contribution is 2.31. The third kappa shape index (κ3) is 4.03. The van der Waals surface area contributed by atoms with Crippen LogP contribution in [0, 0.1) is 11.3 Å². The number of nitriles is 1. The van der Waals surface area contributed by atoms with E-state index in [1.807, 2.05) is 19.1 Å². The topological polar surface area (TPSA) is 75.8 Å². The Hall–Kier alpha value is -2.26. The van der Waals surface area contributed by atoms with Crippen molar-refractivity contribution in [1.82, 2.24) is 5.32 Å². The Morgan fingerprint density at radius 3 is 2.41 bits per heavy atom. The number of hydrogen-bond acceptors (Lipinski definition) is 4. The standard InChI is InChI=1S/C21H29N3O3/c1-15(20(25)23-21(14-22)8-5-4-6-9-21)24-10-7-16-11-18(26-2)19(27-3)12-17(16)13-24/h11-12,15H,4-10,13H2,1-3H3,(H,23,25)/p+1/t15-/m0/s1.